The van der Waals surface area contributed by atoms with E-state index in [1.807, 2.05) is 13.8 Å². The summed E-state index contributed by atoms with van der Waals surface area (Å²) in [7, 11) is -3.60. The van der Waals surface area contributed by atoms with Gasteiger partial charge in [0.05, 0.1) is 0 Å². The van der Waals surface area contributed by atoms with Crippen molar-refractivity contribution in [3.63, 3.8) is 0 Å². The molecule has 1 atom stereocenters. The van der Waals surface area contributed by atoms with E-state index in [4.69, 9.17) is 0 Å². The van der Waals surface area contributed by atoms with Crippen LogP contribution < -0.4 is 10.0 Å². The van der Waals surface area contributed by atoms with Gasteiger partial charge in [0.1, 0.15) is 10.6 Å². The number of carbonyl (C=O) groups is 1. The van der Waals surface area contributed by atoms with Crippen LogP contribution in [0.25, 0.3) is 0 Å². The zero-order valence-electron chi connectivity index (χ0n) is 13.5. The summed E-state index contributed by atoms with van der Waals surface area (Å²) < 4.78 is 27.0. The van der Waals surface area contributed by atoms with Crippen LogP contribution in [-0.2, 0) is 10.0 Å². The number of rotatable bonds is 7. The Hall–Kier alpha value is -1.09. The van der Waals surface area contributed by atoms with Crippen LogP contribution in [0.15, 0.2) is 17.2 Å². The van der Waals surface area contributed by atoms with E-state index in [9.17, 15) is 13.2 Å². The summed E-state index contributed by atoms with van der Waals surface area (Å²) in [5, 5.41) is 3.13. The number of hydrogen-bond acceptors (Lipinski definition) is 4. The lowest BCUT2D eigenvalue weighted by Crippen LogP contribution is -2.38. The third kappa shape index (κ3) is 5.20. The van der Waals surface area contributed by atoms with Gasteiger partial charge in [-0.15, -0.1) is 12.4 Å². The maximum atomic E-state index is 12.2. The van der Waals surface area contributed by atoms with Gasteiger partial charge in [-0.05, 0) is 32.4 Å². The summed E-state index contributed by atoms with van der Waals surface area (Å²) in [5.41, 5.74) is 0.321. The average molecular weight is 365 g/mol. The first kappa shape index (κ1) is 20.0. The predicted molar refractivity (Wildman–Crippen MR) is 91.5 cm³/mol. The fourth-order valence-corrected chi connectivity index (χ4v) is 3.61. The minimum absolute atomic E-state index is 0. The second-order valence-electron chi connectivity index (χ2n) is 5.56. The summed E-state index contributed by atoms with van der Waals surface area (Å²) in [6.07, 6.45) is 3.37. The fourth-order valence-electron chi connectivity index (χ4n) is 2.48. The molecule has 2 rings (SSSR count). The third-order valence-corrected chi connectivity index (χ3v) is 5.13. The van der Waals surface area contributed by atoms with Crippen LogP contribution in [0.2, 0.25) is 0 Å². The number of likely N-dealkylation sites (N-methyl/N-ethyl adjacent to an activating group) is 1. The van der Waals surface area contributed by atoms with E-state index in [1.165, 1.54) is 12.3 Å². The van der Waals surface area contributed by atoms with E-state index < -0.39 is 10.0 Å². The van der Waals surface area contributed by atoms with Crippen LogP contribution in [0, 0.1) is 0 Å². The number of hydrogen-bond donors (Lipinski definition) is 3. The number of likely N-dealkylation sites (tertiary alicyclic amines) is 1. The molecule has 3 N–H and O–H groups in total. The lowest BCUT2D eigenvalue weighted by Gasteiger charge is -2.13. The Balaban J connectivity index is 0.00000264. The standard InChI is InChI=1S/C14H24N4O3S.ClH/c1-3-15-11(2)9-17-22(20,21)12-8-13(16-10-12)14(19)18-6-4-5-7-18;/h8,10-11,15-17H,3-7,9H2,1-2H3;1H/t11-;/m1./s1. The summed E-state index contributed by atoms with van der Waals surface area (Å²) in [4.78, 5) is 16.8. The molecule has 0 bridgehead atoms. The normalized spacial score (nSPS) is 16.2. The number of nitrogens with one attached hydrogen (secondary N) is 3. The van der Waals surface area contributed by atoms with Crippen LogP contribution in [0.1, 0.15) is 37.2 Å². The van der Waals surface area contributed by atoms with Gasteiger partial charge in [0, 0.05) is 31.9 Å². The van der Waals surface area contributed by atoms with E-state index in [0.717, 1.165) is 32.5 Å². The van der Waals surface area contributed by atoms with Gasteiger partial charge in [-0.2, -0.15) is 0 Å². The smallest absolute Gasteiger partial charge is 0.270 e. The SMILES string of the molecule is CCN[C@H](C)CNS(=O)(=O)c1c[nH]c(C(=O)N2CCCC2)c1.Cl. The van der Waals surface area contributed by atoms with Crippen molar-refractivity contribution in [3.8, 4) is 0 Å². The highest BCUT2D eigenvalue weighted by atomic mass is 35.5. The van der Waals surface area contributed by atoms with Crippen LogP contribution in [0.3, 0.4) is 0 Å². The Morgan fingerprint density at radius 2 is 2.04 bits per heavy atom. The molecule has 0 spiro atoms. The Morgan fingerprint density at radius 3 is 2.65 bits per heavy atom. The highest BCUT2D eigenvalue weighted by Gasteiger charge is 2.23. The van der Waals surface area contributed by atoms with Crippen molar-refractivity contribution in [2.75, 3.05) is 26.2 Å². The van der Waals surface area contributed by atoms with E-state index in [0.29, 0.717) is 12.2 Å². The van der Waals surface area contributed by atoms with Gasteiger partial charge in [-0.25, -0.2) is 13.1 Å². The third-order valence-electron chi connectivity index (χ3n) is 3.72. The van der Waals surface area contributed by atoms with E-state index in [1.54, 1.807) is 4.90 Å². The molecular formula is C14H25ClN4O3S. The minimum Gasteiger partial charge on any atom is -0.356 e. The maximum Gasteiger partial charge on any atom is 0.270 e. The highest BCUT2D eigenvalue weighted by Crippen LogP contribution is 2.15. The number of carbonyl (C=O) groups excluding carboxylic acids is 1. The Kier molecular flexibility index (Phi) is 7.53. The van der Waals surface area contributed by atoms with E-state index in [-0.39, 0.29) is 29.3 Å². The Bertz CT molecular complexity index is 611. The van der Waals surface area contributed by atoms with E-state index in [2.05, 4.69) is 15.0 Å². The Labute approximate surface area is 143 Å². The van der Waals surface area contributed by atoms with Crippen molar-refractivity contribution >= 4 is 28.3 Å². The molecule has 1 saturated heterocycles. The molecule has 1 amide bonds. The van der Waals surface area contributed by atoms with Crippen molar-refractivity contribution in [2.45, 2.75) is 37.6 Å². The molecule has 1 fully saturated rings. The zero-order valence-corrected chi connectivity index (χ0v) is 15.1. The number of nitrogens with zero attached hydrogens (tertiary/aromatic N) is 1. The number of sulfonamides is 1. The first-order valence-corrected chi connectivity index (χ1v) is 9.13. The summed E-state index contributed by atoms with van der Waals surface area (Å²) in [6, 6.07) is 1.45. The number of amides is 1. The molecule has 0 aromatic carbocycles. The lowest BCUT2D eigenvalue weighted by atomic mass is 10.3. The minimum atomic E-state index is -3.60. The first-order chi connectivity index (χ1) is 10.4. The van der Waals surface area contributed by atoms with Gasteiger partial charge in [-0.1, -0.05) is 6.92 Å². The Morgan fingerprint density at radius 1 is 1.39 bits per heavy atom. The second-order valence-corrected chi connectivity index (χ2v) is 7.33. The summed E-state index contributed by atoms with van der Waals surface area (Å²) in [5.74, 6) is -0.139. The number of aromatic nitrogens is 1. The van der Waals surface area contributed by atoms with Gasteiger partial charge in [0.2, 0.25) is 10.0 Å². The molecule has 23 heavy (non-hydrogen) atoms. The van der Waals surface area contributed by atoms with Crippen molar-refractivity contribution < 1.29 is 13.2 Å². The molecule has 7 nitrogen and oxygen atoms in total. The summed E-state index contributed by atoms with van der Waals surface area (Å²) in [6.45, 7) is 6.42. The second kappa shape index (κ2) is 8.68. The number of aromatic amines is 1. The molecule has 1 aromatic rings. The van der Waals surface area contributed by atoms with Crippen molar-refractivity contribution in [2.24, 2.45) is 0 Å². The molecular weight excluding hydrogens is 340 g/mol. The molecule has 9 heteroatoms. The monoisotopic (exact) mass is 364 g/mol. The molecule has 2 heterocycles. The fraction of sp³-hybridized carbons (Fsp3) is 0.643. The van der Waals surface area contributed by atoms with Crippen molar-refractivity contribution in [1.29, 1.82) is 0 Å². The van der Waals surface area contributed by atoms with Gasteiger partial charge >= 0.3 is 0 Å². The van der Waals surface area contributed by atoms with Gasteiger partial charge in [0.15, 0.2) is 0 Å². The number of halogens is 1. The molecule has 0 saturated carbocycles. The average Bonchev–Trinajstić information content (AvgIpc) is 3.16. The van der Waals surface area contributed by atoms with Crippen LogP contribution in [0.4, 0.5) is 0 Å². The van der Waals surface area contributed by atoms with Gasteiger partial charge < -0.3 is 15.2 Å². The molecule has 1 aliphatic heterocycles. The maximum absolute atomic E-state index is 12.2. The van der Waals surface area contributed by atoms with Crippen LogP contribution >= 0.6 is 12.4 Å². The first-order valence-electron chi connectivity index (χ1n) is 7.64. The number of H-pyrrole nitrogens is 1. The highest BCUT2D eigenvalue weighted by molar-refractivity contribution is 7.89. The van der Waals surface area contributed by atoms with Crippen LogP contribution in [-0.4, -0.2) is 56.4 Å². The molecule has 0 unspecified atom stereocenters. The largest absolute Gasteiger partial charge is 0.356 e. The van der Waals surface area contributed by atoms with Crippen molar-refractivity contribution in [3.05, 3.63) is 18.0 Å². The van der Waals surface area contributed by atoms with Crippen molar-refractivity contribution in [1.82, 2.24) is 19.9 Å². The lowest BCUT2D eigenvalue weighted by molar-refractivity contribution is 0.0787. The molecule has 1 aromatic heterocycles. The predicted octanol–water partition coefficient (Wildman–Crippen LogP) is 0.949. The quantitative estimate of drug-likeness (QED) is 0.671. The topological polar surface area (TPSA) is 94.3 Å². The van der Waals surface area contributed by atoms with Crippen LogP contribution in [0.5, 0.6) is 0 Å². The van der Waals surface area contributed by atoms with Gasteiger partial charge in [0.25, 0.3) is 5.91 Å². The van der Waals surface area contributed by atoms with E-state index >= 15 is 0 Å². The molecule has 0 radical (unpaired) electrons. The van der Waals surface area contributed by atoms with Gasteiger partial charge in [-0.3, -0.25) is 4.79 Å². The molecule has 132 valence electrons. The summed E-state index contributed by atoms with van der Waals surface area (Å²) >= 11 is 0. The molecule has 1 aliphatic rings. The zero-order chi connectivity index (χ0) is 16.2. The molecule has 0 aliphatic carbocycles.